The number of carbonyl (C=O) groups excluding carboxylic acids is 4. The van der Waals surface area contributed by atoms with E-state index in [2.05, 4.69) is 0 Å². The largest absolute Gasteiger partial charge is 0.478 e. The molecule has 2 aliphatic heterocycles. The van der Waals surface area contributed by atoms with Gasteiger partial charge in [-0.3, -0.25) is 19.2 Å². The first kappa shape index (κ1) is 34.0. The zero-order valence-corrected chi connectivity index (χ0v) is 30.5. The lowest BCUT2D eigenvalue weighted by molar-refractivity contribution is 0.0685. The number of carboxylic acid groups (broad SMARTS) is 2. The van der Waals surface area contributed by atoms with Crippen molar-refractivity contribution in [3.05, 3.63) is 125 Å². The SMILES string of the molecule is Cc1cc(N2C(=O)c3cc(Cl)c4c5c(Cl)cc6c7c(cc(Cl)c(c8c(Cl)cc(c3c48)C2=O)c75)C(=O)N(c2ccc(C(=O)O)c(C)c2)C6=O)ccc1C(=O)O. The van der Waals surface area contributed by atoms with E-state index in [0.717, 1.165) is 9.80 Å². The lowest BCUT2D eigenvalue weighted by atomic mass is 9.82. The van der Waals surface area contributed by atoms with Crippen LogP contribution in [0.2, 0.25) is 20.1 Å². The van der Waals surface area contributed by atoms with Crippen molar-refractivity contribution in [2.24, 2.45) is 0 Å². The van der Waals surface area contributed by atoms with Gasteiger partial charge in [0.25, 0.3) is 23.6 Å². The van der Waals surface area contributed by atoms with E-state index in [9.17, 15) is 39.0 Å². The summed E-state index contributed by atoms with van der Waals surface area (Å²) < 4.78 is 0. The van der Waals surface area contributed by atoms with Gasteiger partial charge in [-0.2, -0.15) is 0 Å². The Kier molecular flexibility index (Phi) is 7.16. The molecule has 0 radical (unpaired) electrons. The Morgan fingerprint density at radius 1 is 0.444 bits per heavy atom. The topological polar surface area (TPSA) is 149 Å². The lowest BCUT2D eigenvalue weighted by Gasteiger charge is -2.31. The first-order chi connectivity index (χ1) is 25.6. The fraction of sp³-hybridized carbons (Fsp3) is 0.0500. The molecule has 0 aliphatic carbocycles. The Balaban J connectivity index is 1.34. The number of carboxylic acids is 2. The van der Waals surface area contributed by atoms with Gasteiger partial charge in [-0.1, -0.05) is 46.4 Å². The van der Waals surface area contributed by atoms with Crippen LogP contribution in [-0.2, 0) is 0 Å². The molecule has 0 atom stereocenters. The van der Waals surface area contributed by atoms with E-state index < -0.39 is 35.6 Å². The summed E-state index contributed by atoms with van der Waals surface area (Å²) in [5, 5.41) is 21.6. The number of aryl methyl sites for hydroxylation is 2. The van der Waals surface area contributed by atoms with Crippen LogP contribution in [-0.4, -0.2) is 45.8 Å². The number of hydrogen-bond donors (Lipinski definition) is 2. The number of anilines is 2. The molecule has 0 spiro atoms. The smallest absolute Gasteiger partial charge is 0.335 e. The molecule has 7 aromatic carbocycles. The molecule has 0 saturated carbocycles. The summed E-state index contributed by atoms with van der Waals surface area (Å²) in [6, 6.07) is 13.9. The van der Waals surface area contributed by atoms with Crippen molar-refractivity contribution in [2.45, 2.75) is 13.8 Å². The first-order valence-corrected chi connectivity index (χ1v) is 17.6. The average molecular weight is 796 g/mol. The molecule has 0 fully saturated rings. The van der Waals surface area contributed by atoms with Crippen molar-refractivity contribution in [1.29, 1.82) is 0 Å². The van der Waals surface area contributed by atoms with E-state index in [1.54, 1.807) is 13.8 Å². The fourth-order valence-electron chi connectivity index (χ4n) is 7.98. The number of amides is 4. The van der Waals surface area contributed by atoms with Gasteiger partial charge in [-0.25, -0.2) is 19.4 Å². The van der Waals surface area contributed by atoms with Gasteiger partial charge in [0.2, 0.25) is 0 Å². The number of halogens is 4. The third-order valence-corrected chi connectivity index (χ3v) is 11.4. The van der Waals surface area contributed by atoms with E-state index in [4.69, 9.17) is 46.4 Å². The summed E-state index contributed by atoms with van der Waals surface area (Å²) in [7, 11) is 0. The summed E-state index contributed by atoms with van der Waals surface area (Å²) in [4.78, 5) is 82.2. The Bertz CT molecular complexity index is 2730. The summed E-state index contributed by atoms with van der Waals surface area (Å²) >= 11 is 28.2. The Morgan fingerprint density at radius 3 is 0.963 bits per heavy atom. The molecule has 54 heavy (non-hydrogen) atoms. The standard InChI is InChI=1S/C40H18Cl4N2O8/c1-13-7-15(3-5-17(13)39(51)52)45-35(47)19-9-23(41)29-31-25(43)11-21-28-22(38(50)46(37(21)49)16-4-6-18(40(53)54)14(2)8-16)12-26(44)32(34(28)31)30-24(42)10-20(36(45)48)27(19)33(29)30/h3-12H,1-2H3,(H,51,52)(H,53,54). The minimum Gasteiger partial charge on any atom is -0.478 e. The number of carbonyl (C=O) groups is 6. The number of aromatic carboxylic acids is 2. The molecule has 0 unspecified atom stereocenters. The Morgan fingerprint density at radius 2 is 0.722 bits per heavy atom. The van der Waals surface area contributed by atoms with Gasteiger partial charge < -0.3 is 10.2 Å². The predicted molar refractivity (Wildman–Crippen MR) is 206 cm³/mol. The number of nitrogens with zero attached hydrogens (tertiary/aromatic N) is 2. The van der Waals surface area contributed by atoms with Gasteiger partial charge in [-0.15, -0.1) is 0 Å². The molecular weight excluding hydrogens is 778 g/mol. The van der Waals surface area contributed by atoms with E-state index in [1.807, 2.05) is 0 Å². The van der Waals surface area contributed by atoms with Crippen LogP contribution in [0.5, 0.6) is 0 Å². The first-order valence-electron chi connectivity index (χ1n) is 16.1. The van der Waals surface area contributed by atoms with Crippen molar-refractivity contribution in [2.75, 3.05) is 9.80 Å². The fourth-order valence-corrected chi connectivity index (χ4v) is 9.17. The van der Waals surface area contributed by atoms with Gasteiger partial charge in [-0.05, 0) is 85.6 Å². The number of fused-ring (bicyclic) bond motifs is 2. The molecule has 0 aromatic heterocycles. The van der Waals surface area contributed by atoms with Crippen LogP contribution < -0.4 is 9.80 Å². The third-order valence-electron chi connectivity index (χ3n) is 10.2. The highest BCUT2D eigenvalue weighted by molar-refractivity contribution is 6.57. The van der Waals surface area contributed by atoms with Gasteiger partial charge in [0.15, 0.2) is 0 Å². The monoisotopic (exact) mass is 794 g/mol. The summed E-state index contributed by atoms with van der Waals surface area (Å²) in [5.74, 6) is -5.18. The Labute approximate surface area is 322 Å². The van der Waals surface area contributed by atoms with Crippen LogP contribution in [0.15, 0.2) is 60.7 Å². The number of hydrogen-bond acceptors (Lipinski definition) is 6. The number of benzene rings is 7. The van der Waals surface area contributed by atoms with E-state index >= 15 is 0 Å². The maximum atomic E-state index is 14.2. The van der Waals surface area contributed by atoms with Crippen LogP contribution >= 0.6 is 46.4 Å². The number of imide groups is 2. The predicted octanol–water partition coefficient (Wildman–Crippen LogP) is 9.97. The molecule has 264 valence electrons. The highest BCUT2D eigenvalue weighted by atomic mass is 35.5. The zero-order chi connectivity index (χ0) is 38.4. The van der Waals surface area contributed by atoms with Crippen molar-refractivity contribution in [3.8, 4) is 0 Å². The minimum atomic E-state index is -1.16. The lowest BCUT2D eigenvalue weighted by Crippen LogP contribution is -2.41. The molecule has 2 aliphatic rings. The molecule has 2 heterocycles. The minimum absolute atomic E-state index is 0.00819. The molecule has 0 saturated heterocycles. The maximum absolute atomic E-state index is 14.2. The summed E-state index contributed by atoms with van der Waals surface area (Å²) in [6.45, 7) is 3.11. The highest BCUT2D eigenvalue weighted by Gasteiger charge is 2.40. The second-order valence-corrected chi connectivity index (χ2v) is 14.8. The van der Waals surface area contributed by atoms with Crippen molar-refractivity contribution in [3.63, 3.8) is 0 Å². The van der Waals surface area contributed by atoms with Gasteiger partial charge in [0, 0.05) is 63.2 Å². The normalized spacial score (nSPS) is 14.1. The van der Waals surface area contributed by atoms with Crippen LogP contribution in [0, 0.1) is 13.8 Å². The van der Waals surface area contributed by atoms with Crippen LogP contribution in [0.4, 0.5) is 11.4 Å². The molecule has 9 rings (SSSR count). The van der Waals surface area contributed by atoms with Crippen molar-refractivity contribution in [1.82, 2.24) is 0 Å². The third kappa shape index (κ3) is 4.30. The van der Waals surface area contributed by atoms with Gasteiger partial charge in [0.1, 0.15) is 0 Å². The van der Waals surface area contributed by atoms with Crippen LogP contribution in [0.3, 0.4) is 0 Å². The zero-order valence-electron chi connectivity index (χ0n) is 27.5. The number of rotatable bonds is 4. The van der Waals surface area contributed by atoms with Crippen molar-refractivity contribution < 1.29 is 39.0 Å². The maximum Gasteiger partial charge on any atom is 0.335 e. The van der Waals surface area contributed by atoms with E-state index in [1.165, 1.54) is 60.7 Å². The van der Waals surface area contributed by atoms with E-state index in [0.29, 0.717) is 43.4 Å². The van der Waals surface area contributed by atoms with Crippen molar-refractivity contribution >= 4 is 136 Å². The molecule has 4 amide bonds. The molecule has 14 heteroatoms. The summed E-state index contributed by atoms with van der Waals surface area (Å²) in [5.41, 5.74) is 1.24. The molecule has 10 nitrogen and oxygen atoms in total. The van der Waals surface area contributed by atoms with Gasteiger partial charge in [0.05, 0.1) is 44.8 Å². The second kappa shape index (κ2) is 11.4. The molecule has 7 aromatic rings. The second-order valence-electron chi connectivity index (χ2n) is 13.1. The molecular formula is C40H18Cl4N2O8. The van der Waals surface area contributed by atoms with Crippen LogP contribution in [0.25, 0.3) is 43.1 Å². The quantitative estimate of drug-likeness (QED) is 0.102. The van der Waals surface area contributed by atoms with Gasteiger partial charge >= 0.3 is 11.9 Å². The highest BCUT2D eigenvalue weighted by Crippen LogP contribution is 2.54. The summed E-state index contributed by atoms with van der Waals surface area (Å²) in [6.07, 6.45) is 0. The van der Waals surface area contributed by atoms with Crippen LogP contribution in [0.1, 0.15) is 73.3 Å². The average Bonchev–Trinajstić information content (AvgIpc) is 3.10. The van der Waals surface area contributed by atoms with E-state index in [-0.39, 0.29) is 75.6 Å². The molecule has 2 N–H and O–H groups in total. The molecule has 0 bridgehead atoms. The Hall–Kier alpha value is -5.78.